The number of hydrogen-bond donors (Lipinski definition) is 0. The SMILES string of the molecule is Cc1cccc(OCC2CN2C(C)C)c1. The number of hydrogen-bond acceptors (Lipinski definition) is 2. The van der Waals surface area contributed by atoms with Crippen molar-refractivity contribution < 1.29 is 4.74 Å². The topological polar surface area (TPSA) is 12.2 Å². The summed E-state index contributed by atoms with van der Waals surface area (Å²) in [5.41, 5.74) is 1.25. The number of rotatable bonds is 4. The van der Waals surface area contributed by atoms with Crippen molar-refractivity contribution in [2.24, 2.45) is 0 Å². The van der Waals surface area contributed by atoms with E-state index >= 15 is 0 Å². The van der Waals surface area contributed by atoms with Crippen LogP contribution in [0.3, 0.4) is 0 Å². The maximum atomic E-state index is 5.75. The van der Waals surface area contributed by atoms with Crippen LogP contribution in [0.5, 0.6) is 5.75 Å². The predicted molar refractivity (Wildman–Crippen MR) is 62.3 cm³/mol. The van der Waals surface area contributed by atoms with E-state index in [1.807, 2.05) is 12.1 Å². The molecule has 1 aromatic rings. The number of benzene rings is 1. The Balaban J connectivity index is 1.80. The molecular weight excluding hydrogens is 186 g/mol. The van der Waals surface area contributed by atoms with Crippen LogP contribution in [0.15, 0.2) is 24.3 Å². The van der Waals surface area contributed by atoms with Crippen LogP contribution in [0.1, 0.15) is 19.4 Å². The quantitative estimate of drug-likeness (QED) is 0.700. The Hall–Kier alpha value is -1.02. The van der Waals surface area contributed by atoms with Gasteiger partial charge in [-0.15, -0.1) is 0 Å². The van der Waals surface area contributed by atoms with Gasteiger partial charge in [0.2, 0.25) is 0 Å². The van der Waals surface area contributed by atoms with Crippen LogP contribution in [-0.4, -0.2) is 30.1 Å². The Morgan fingerprint density at radius 1 is 1.47 bits per heavy atom. The lowest BCUT2D eigenvalue weighted by atomic mass is 10.2. The van der Waals surface area contributed by atoms with Gasteiger partial charge in [-0.1, -0.05) is 12.1 Å². The van der Waals surface area contributed by atoms with Gasteiger partial charge in [0.1, 0.15) is 12.4 Å². The van der Waals surface area contributed by atoms with Gasteiger partial charge in [-0.05, 0) is 38.5 Å². The molecule has 2 heteroatoms. The van der Waals surface area contributed by atoms with E-state index in [0.717, 1.165) is 12.4 Å². The summed E-state index contributed by atoms with van der Waals surface area (Å²) in [6, 6.07) is 9.51. The van der Waals surface area contributed by atoms with E-state index in [9.17, 15) is 0 Å². The monoisotopic (exact) mass is 205 g/mol. The molecule has 2 atom stereocenters. The van der Waals surface area contributed by atoms with Crippen molar-refractivity contribution in [1.82, 2.24) is 4.90 Å². The lowest BCUT2D eigenvalue weighted by Crippen LogP contribution is -2.16. The maximum Gasteiger partial charge on any atom is 0.119 e. The molecule has 2 rings (SSSR count). The van der Waals surface area contributed by atoms with Gasteiger partial charge in [0.05, 0.1) is 6.04 Å². The van der Waals surface area contributed by atoms with Gasteiger partial charge in [-0.25, -0.2) is 0 Å². The van der Waals surface area contributed by atoms with E-state index in [-0.39, 0.29) is 0 Å². The summed E-state index contributed by atoms with van der Waals surface area (Å²) in [6.07, 6.45) is 0. The molecule has 0 radical (unpaired) electrons. The summed E-state index contributed by atoms with van der Waals surface area (Å²) in [5.74, 6) is 0.991. The molecular formula is C13H19NO. The zero-order chi connectivity index (χ0) is 10.8. The van der Waals surface area contributed by atoms with Crippen LogP contribution < -0.4 is 4.74 Å². The fraction of sp³-hybridized carbons (Fsp3) is 0.538. The van der Waals surface area contributed by atoms with Crippen LogP contribution in [0.2, 0.25) is 0 Å². The van der Waals surface area contributed by atoms with Gasteiger partial charge in [-0.3, -0.25) is 4.90 Å². The first-order valence-electron chi connectivity index (χ1n) is 5.62. The predicted octanol–water partition coefficient (Wildman–Crippen LogP) is 2.47. The van der Waals surface area contributed by atoms with Crippen LogP contribution in [0, 0.1) is 6.92 Å². The third-order valence-corrected chi connectivity index (χ3v) is 2.85. The second-order valence-electron chi connectivity index (χ2n) is 4.57. The highest BCUT2D eigenvalue weighted by molar-refractivity contribution is 5.27. The largest absolute Gasteiger partial charge is 0.492 e. The van der Waals surface area contributed by atoms with E-state index < -0.39 is 0 Å². The normalized spacial score (nSPS) is 24.3. The van der Waals surface area contributed by atoms with Crippen molar-refractivity contribution >= 4 is 0 Å². The summed E-state index contributed by atoms with van der Waals surface area (Å²) in [7, 11) is 0. The summed E-state index contributed by atoms with van der Waals surface area (Å²) < 4.78 is 5.75. The summed E-state index contributed by atoms with van der Waals surface area (Å²) >= 11 is 0. The second kappa shape index (κ2) is 4.23. The Bertz CT molecular complexity index is 335. The Kier molecular flexibility index (Phi) is 2.96. The van der Waals surface area contributed by atoms with Crippen molar-refractivity contribution in [3.8, 4) is 5.75 Å². The number of nitrogens with zero attached hydrogens (tertiary/aromatic N) is 1. The average Bonchev–Trinajstić information content (AvgIpc) is 2.94. The van der Waals surface area contributed by atoms with Gasteiger partial charge in [0.15, 0.2) is 0 Å². The van der Waals surface area contributed by atoms with Crippen LogP contribution in [0.25, 0.3) is 0 Å². The Morgan fingerprint density at radius 2 is 2.27 bits per heavy atom. The molecule has 15 heavy (non-hydrogen) atoms. The first-order valence-corrected chi connectivity index (χ1v) is 5.62. The highest BCUT2D eigenvalue weighted by Gasteiger charge is 2.36. The van der Waals surface area contributed by atoms with Gasteiger partial charge in [0, 0.05) is 12.6 Å². The molecule has 2 nitrogen and oxygen atoms in total. The first-order chi connectivity index (χ1) is 7.16. The molecule has 0 aliphatic carbocycles. The lowest BCUT2D eigenvalue weighted by molar-refractivity contribution is 0.282. The fourth-order valence-corrected chi connectivity index (χ4v) is 1.87. The summed E-state index contributed by atoms with van der Waals surface area (Å²) in [4.78, 5) is 2.44. The van der Waals surface area contributed by atoms with Crippen molar-refractivity contribution in [1.29, 1.82) is 0 Å². The van der Waals surface area contributed by atoms with Crippen LogP contribution in [-0.2, 0) is 0 Å². The minimum atomic E-state index is 0.630. The molecule has 0 spiro atoms. The van der Waals surface area contributed by atoms with Gasteiger partial charge in [0.25, 0.3) is 0 Å². The van der Waals surface area contributed by atoms with Crippen molar-refractivity contribution in [2.45, 2.75) is 32.9 Å². The molecule has 1 saturated heterocycles. The highest BCUT2D eigenvalue weighted by atomic mass is 16.5. The van der Waals surface area contributed by atoms with Gasteiger partial charge in [-0.2, -0.15) is 0 Å². The molecule has 2 unspecified atom stereocenters. The molecule has 0 bridgehead atoms. The van der Waals surface area contributed by atoms with E-state index in [1.54, 1.807) is 0 Å². The van der Waals surface area contributed by atoms with Crippen molar-refractivity contribution in [2.75, 3.05) is 13.2 Å². The van der Waals surface area contributed by atoms with Gasteiger partial charge < -0.3 is 4.74 Å². The molecule has 0 N–H and O–H groups in total. The van der Waals surface area contributed by atoms with E-state index in [2.05, 4.69) is 37.8 Å². The zero-order valence-corrected chi connectivity index (χ0v) is 9.73. The molecule has 1 aliphatic rings. The third kappa shape index (κ3) is 2.72. The standard InChI is InChI=1S/C13H19NO/c1-10(2)14-8-12(14)9-15-13-6-4-5-11(3)7-13/h4-7,10,12H,8-9H2,1-3H3. The average molecular weight is 205 g/mol. The molecule has 1 fully saturated rings. The molecule has 82 valence electrons. The molecule has 0 aromatic heterocycles. The van der Waals surface area contributed by atoms with Crippen molar-refractivity contribution in [3.05, 3.63) is 29.8 Å². The third-order valence-electron chi connectivity index (χ3n) is 2.85. The maximum absolute atomic E-state index is 5.75. The van der Waals surface area contributed by atoms with Crippen LogP contribution >= 0.6 is 0 Å². The first kappa shape index (κ1) is 10.5. The zero-order valence-electron chi connectivity index (χ0n) is 9.73. The molecule has 0 amide bonds. The summed E-state index contributed by atoms with van der Waals surface area (Å²) in [6.45, 7) is 8.55. The minimum absolute atomic E-state index is 0.630. The second-order valence-corrected chi connectivity index (χ2v) is 4.57. The van der Waals surface area contributed by atoms with Gasteiger partial charge >= 0.3 is 0 Å². The van der Waals surface area contributed by atoms with E-state index in [0.29, 0.717) is 12.1 Å². The number of ether oxygens (including phenoxy) is 1. The lowest BCUT2D eigenvalue weighted by Gasteiger charge is -2.09. The van der Waals surface area contributed by atoms with E-state index in [4.69, 9.17) is 4.74 Å². The van der Waals surface area contributed by atoms with Crippen molar-refractivity contribution in [3.63, 3.8) is 0 Å². The van der Waals surface area contributed by atoms with E-state index in [1.165, 1.54) is 12.1 Å². The Labute approximate surface area is 91.9 Å². The molecule has 1 heterocycles. The smallest absolute Gasteiger partial charge is 0.119 e. The molecule has 1 aliphatic heterocycles. The highest BCUT2D eigenvalue weighted by Crippen LogP contribution is 2.22. The molecule has 0 saturated carbocycles. The molecule has 1 aromatic carbocycles. The van der Waals surface area contributed by atoms with Crippen LogP contribution in [0.4, 0.5) is 0 Å². The fourth-order valence-electron chi connectivity index (χ4n) is 1.87. The Morgan fingerprint density at radius 3 is 2.87 bits per heavy atom. The minimum Gasteiger partial charge on any atom is -0.492 e. The number of aryl methyl sites for hydroxylation is 1. The summed E-state index contributed by atoms with van der Waals surface area (Å²) in [5, 5.41) is 0.